The normalized spacial score (nSPS) is 12.3. The number of amides is 1. The Kier molecular flexibility index (Phi) is 5.21. The first-order valence-corrected chi connectivity index (χ1v) is 8.74. The van der Waals surface area contributed by atoms with Crippen LogP contribution in [-0.2, 0) is 17.9 Å². The van der Waals surface area contributed by atoms with Gasteiger partial charge in [-0.2, -0.15) is 0 Å². The number of carbonyl (C=O) groups excluding carboxylic acids is 1. The number of benzene rings is 2. The maximum atomic E-state index is 13.0. The average Bonchev–Trinajstić information content (AvgIpc) is 2.91. The number of fused-ring (bicyclic) bond motifs is 1. The molecule has 0 saturated heterocycles. The third-order valence-corrected chi connectivity index (χ3v) is 4.55. The third-order valence-electron chi connectivity index (χ3n) is 4.55. The summed E-state index contributed by atoms with van der Waals surface area (Å²) in [6.45, 7) is 4.67. The molecule has 2 aromatic carbocycles. The molecular formula is C20H22FN3O2. The molecule has 0 spiro atoms. The van der Waals surface area contributed by atoms with Gasteiger partial charge in [0.1, 0.15) is 5.82 Å². The highest BCUT2D eigenvalue weighted by atomic mass is 19.1. The number of carbonyl (C=O) groups is 1. The second-order valence-electron chi connectivity index (χ2n) is 6.26. The molecule has 0 aliphatic carbocycles. The van der Waals surface area contributed by atoms with Crippen LogP contribution in [0.1, 0.15) is 31.9 Å². The molecule has 0 saturated carbocycles. The Morgan fingerprint density at radius 3 is 2.31 bits per heavy atom. The minimum atomic E-state index is -0.307. The summed E-state index contributed by atoms with van der Waals surface area (Å²) in [6, 6.07) is 13.4. The maximum absolute atomic E-state index is 13.0. The van der Waals surface area contributed by atoms with Gasteiger partial charge in [0.05, 0.1) is 17.1 Å². The van der Waals surface area contributed by atoms with E-state index in [2.05, 4.69) is 5.32 Å². The molecule has 1 unspecified atom stereocenters. The van der Waals surface area contributed by atoms with Gasteiger partial charge in [0.2, 0.25) is 5.91 Å². The zero-order valence-corrected chi connectivity index (χ0v) is 14.9. The number of para-hydroxylation sites is 2. The number of hydrogen-bond acceptors (Lipinski definition) is 2. The fraction of sp³-hybridized carbons (Fsp3) is 0.300. The monoisotopic (exact) mass is 355 g/mol. The highest BCUT2D eigenvalue weighted by molar-refractivity contribution is 5.78. The summed E-state index contributed by atoms with van der Waals surface area (Å²) in [6.07, 6.45) is 0.198. The van der Waals surface area contributed by atoms with Crippen LogP contribution in [-0.4, -0.2) is 15.0 Å². The summed E-state index contributed by atoms with van der Waals surface area (Å²) in [5, 5.41) is 2.89. The first kappa shape index (κ1) is 17.9. The van der Waals surface area contributed by atoms with E-state index in [1.807, 2.05) is 38.1 Å². The molecule has 1 atom stereocenters. The number of imidazole rings is 1. The van der Waals surface area contributed by atoms with Crippen molar-refractivity contribution in [3.63, 3.8) is 0 Å². The van der Waals surface area contributed by atoms with Gasteiger partial charge >= 0.3 is 5.69 Å². The van der Waals surface area contributed by atoms with Crippen LogP contribution in [0.5, 0.6) is 0 Å². The summed E-state index contributed by atoms with van der Waals surface area (Å²) in [4.78, 5) is 24.8. The van der Waals surface area contributed by atoms with Crippen molar-refractivity contribution < 1.29 is 9.18 Å². The number of rotatable bonds is 6. The molecule has 5 nitrogen and oxygen atoms in total. The van der Waals surface area contributed by atoms with Crippen molar-refractivity contribution in [2.75, 3.05) is 0 Å². The Morgan fingerprint density at radius 2 is 1.69 bits per heavy atom. The van der Waals surface area contributed by atoms with Crippen LogP contribution in [0.2, 0.25) is 0 Å². The highest BCUT2D eigenvalue weighted by Crippen LogP contribution is 2.15. The van der Waals surface area contributed by atoms with Gasteiger partial charge < -0.3 is 5.32 Å². The SMILES string of the molecule is CCn1c(=O)n(CCC(=O)NC(C)c2ccc(F)cc2)c2ccccc21. The number of nitrogens with one attached hydrogen (secondary N) is 1. The molecule has 0 radical (unpaired) electrons. The standard InChI is InChI=1S/C20H22FN3O2/c1-3-23-17-6-4-5-7-18(17)24(20(23)26)13-12-19(25)22-14(2)15-8-10-16(21)11-9-15/h4-11,14H,3,12-13H2,1-2H3,(H,22,25). The van der Waals surface area contributed by atoms with Crippen molar-refractivity contribution in [1.82, 2.24) is 14.5 Å². The predicted octanol–water partition coefficient (Wildman–Crippen LogP) is 3.23. The Hall–Kier alpha value is -2.89. The highest BCUT2D eigenvalue weighted by Gasteiger charge is 2.14. The van der Waals surface area contributed by atoms with Gasteiger partial charge in [-0.25, -0.2) is 9.18 Å². The fourth-order valence-corrected chi connectivity index (χ4v) is 3.16. The van der Waals surface area contributed by atoms with Crippen molar-refractivity contribution in [2.45, 2.75) is 39.4 Å². The molecule has 0 aliphatic heterocycles. The van der Waals surface area contributed by atoms with Gasteiger partial charge in [0, 0.05) is 19.5 Å². The minimum Gasteiger partial charge on any atom is -0.350 e. The molecule has 3 rings (SSSR count). The molecule has 1 heterocycles. The van der Waals surface area contributed by atoms with Gasteiger partial charge in [0.15, 0.2) is 0 Å². The summed E-state index contributed by atoms with van der Waals surface area (Å²) in [7, 11) is 0. The van der Waals surface area contributed by atoms with Crippen molar-refractivity contribution in [3.05, 3.63) is 70.4 Å². The van der Waals surface area contributed by atoms with E-state index in [1.165, 1.54) is 12.1 Å². The Morgan fingerprint density at radius 1 is 1.08 bits per heavy atom. The predicted molar refractivity (Wildman–Crippen MR) is 99.4 cm³/mol. The summed E-state index contributed by atoms with van der Waals surface area (Å²) in [5.74, 6) is -0.457. The van der Waals surface area contributed by atoms with Crippen LogP contribution in [0.25, 0.3) is 11.0 Å². The lowest BCUT2D eigenvalue weighted by molar-refractivity contribution is -0.121. The minimum absolute atomic E-state index is 0.104. The van der Waals surface area contributed by atoms with Gasteiger partial charge in [-0.05, 0) is 43.7 Å². The smallest absolute Gasteiger partial charge is 0.329 e. The Labute approximate surface area is 151 Å². The molecule has 3 aromatic rings. The van der Waals surface area contributed by atoms with Gasteiger partial charge in [-0.3, -0.25) is 13.9 Å². The summed E-state index contributed by atoms with van der Waals surface area (Å²) >= 11 is 0. The lowest BCUT2D eigenvalue weighted by Gasteiger charge is -2.14. The molecule has 0 fully saturated rings. The van der Waals surface area contributed by atoms with Gasteiger partial charge in [-0.1, -0.05) is 24.3 Å². The number of halogens is 1. The molecule has 6 heteroatoms. The van der Waals surface area contributed by atoms with Crippen molar-refractivity contribution >= 4 is 16.9 Å². The van der Waals surface area contributed by atoms with Gasteiger partial charge in [-0.15, -0.1) is 0 Å². The first-order valence-electron chi connectivity index (χ1n) is 8.74. The Balaban J connectivity index is 1.70. The van der Waals surface area contributed by atoms with Crippen molar-refractivity contribution in [3.8, 4) is 0 Å². The number of hydrogen-bond donors (Lipinski definition) is 1. The fourth-order valence-electron chi connectivity index (χ4n) is 3.16. The van der Waals surface area contributed by atoms with Crippen LogP contribution in [0, 0.1) is 5.82 Å². The van der Waals surface area contributed by atoms with E-state index in [4.69, 9.17) is 0 Å². The van der Waals surface area contributed by atoms with E-state index in [9.17, 15) is 14.0 Å². The molecule has 1 N–H and O–H groups in total. The summed E-state index contributed by atoms with van der Waals surface area (Å²) in [5.41, 5.74) is 2.44. The lowest BCUT2D eigenvalue weighted by Crippen LogP contribution is -2.30. The quantitative estimate of drug-likeness (QED) is 0.738. The number of nitrogens with zero attached hydrogens (tertiary/aromatic N) is 2. The zero-order chi connectivity index (χ0) is 18.7. The van der Waals surface area contributed by atoms with Crippen molar-refractivity contribution in [2.24, 2.45) is 0 Å². The average molecular weight is 355 g/mol. The second-order valence-corrected chi connectivity index (χ2v) is 6.26. The topological polar surface area (TPSA) is 56.0 Å². The number of aryl methyl sites for hydroxylation is 2. The van der Waals surface area contributed by atoms with Gasteiger partial charge in [0.25, 0.3) is 0 Å². The molecule has 1 aromatic heterocycles. The van der Waals surface area contributed by atoms with E-state index >= 15 is 0 Å². The largest absolute Gasteiger partial charge is 0.350 e. The molecule has 1 amide bonds. The van der Waals surface area contributed by atoms with E-state index < -0.39 is 0 Å². The molecule has 0 bridgehead atoms. The van der Waals surface area contributed by atoms with Crippen LogP contribution >= 0.6 is 0 Å². The van der Waals surface area contributed by atoms with E-state index in [1.54, 1.807) is 21.3 Å². The van der Waals surface area contributed by atoms with E-state index in [0.717, 1.165) is 16.6 Å². The first-order chi connectivity index (χ1) is 12.5. The second kappa shape index (κ2) is 7.56. The van der Waals surface area contributed by atoms with E-state index in [0.29, 0.717) is 13.1 Å². The van der Waals surface area contributed by atoms with Crippen LogP contribution in [0.15, 0.2) is 53.3 Å². The molecule has 0 aliphatic rings. The van der Waals surface area contributed by atoms with E-state index in [-0.39, 0.29) is 29.9 Å². The molecule has 136 valence electrons. The van der Waals surface area contributed by atoms with Crippen LogP contribution < -0.4 is 11.0 Å². The summed E-state index contributed by atoms with van der Waals surface area (Å²) < 4.78 is 16.3. The molecule has 26 heavy (non-hydrogen) atoms. The van der Waals surface area contributed by atoms with Crippen LogP contribution in [0.3, 0.4) is 0 Å². The maximum Gasteiger partial charge on any atom is 0.329 e. The third kappa shape index (κ3) is 3.54. The molecular weight excluding hydrogens is 333 g/mol. The Bertz CT molecular complexity index is 973. The number of aromatic nitrogens is 2. The zero-order valence-electron chi connectivity index (χ0n) is 14.9. The van der Waals surface area contributed by atoms with Crippen LogP contribution in [0.4, 0.5) is 4.39 Å². The lowest BCUT2D eigenvalue weighted by atomic mass is 10.1. The van der Waals surface area contributed by atoms with Crippen molar-refractivity contribution in [1.29, 1.82) is 0 Å².